The number of hydrogen-bond donors (Lipinski definition) is 1. The summed E-state index contributed by atoms with van der Waals surface area (Å²) in [5.74, 6) is -6.80. The van der Waals surface area contributed by atoms with Crippen LogP contribution in [0.5, 0.6) is 0 Å². The minimum Gasteiger partial charge on any atom is -0.342 e. The molecule has 1 aliphatic heterocycles. The van der Waals surface area contributed by atoms with E-state index in [0.717, 1.165) is 6.07 Å². The molecule has 1 aromatic rings. The molecule has 1 aromatic carbocycles. The van der Waals surface area contributed by atoms with E-state index in [1.807, 2.05) is 5.32 Å². The second-order valence-corrected chi connectivity index (χ2v) is 4.61. The minimum absolute atomic E-state index is 0.158. The van der Waals surface area contributed by atoms with E-state index in [-0.39, 0.29) is 26.2 Å². The number of carbonyl (C=O) groups excluding carboxylic acids is 3. The van der Waals surface area contributed by atoms with Gasteiger partial charge >= 0.3 is 11.8 Å². The van der Waals surface area contributed by atoms with E-state index in [1.54, 1.807) is 0 Å². The van der Waals surface area contributed by atoms with Crippen LogP contribution in [-0.4, -0.2) is 54.2 Å². The van der Waals surface area contributed by atoms with Crippen LogP contribution in [0.25, 0.3) is 0 Å². The van der Waals surface area contributed by atoms with Crippen LogP contribution in [0.1, 0.15) is 0 Å². The SMILES string of the molecule is O=CN1CCN(C(=O)C(=O)Nc2ccc(F)c(F)c2F)CC1. The number of rotatable bonds is 2. The number of nitrogens with one attached hydrogen (secondary N) is 1. The zero-order valence-electron chi connectivity index (χ0n) is 11.3. The Kier molecular flexibility index (Phi) is 4.64. The Balaban J connectivity index is 2.02. The number of carbonyl (C=O) groups is 3. The van der Waals surface area contributed by atoms with E-state index in [2.05, 4.69) is 0 Å². The van der Waals surface area contributed by atoms with Gasteiger partial charge in [0.05, 0.1) is 5.69 Å². The third-order valence-corrected chi connectivity index (χ3v) is 3.23. The number of hydrogen-bond acceptors (Lipinski definition) is 3. The van der Waals surface area contributed by atoms with E-state index in [1.165, 1.54) is 9.80 Å². The molecule has 1 saturated heterocycles. The first-order chi connectivity index (χ1) is 10.4. The van der Waals surface area contributed by atoms with Gasteiger partial charge < -0.3 is 15.1 Å². The molecule has 0 bridgehead atoms. The molecular weight excluding hydrogens is 303 g/mol. The lowest BCUT2D eigenvalue weighted by molar-refractivity contribution is -0.144. The van der Waals surface area contributed by atoms with Gasteiger partial charge in [0.2, 0.25) is 6.41 Å². The van der Waals surface area contributed by atoms with Crippen LogP contribution in [0.15, 0.2) is 12.1 Å². The van der Waals surface area contributed by atoms with Crippen LogP contribution in [0, 0.1) is 17.5 Å². The zero-order valence-corrected chi connectivity index (χ0v) is 11.3. The molecule has 0 radical (unpaired) electrons. The van der Waals surface area contributed by atoms with Crippen molar-refractivity contribution >= 4 is 23.9 Å². The van der Waals surface area contributed by atoms with Gasteiger partial charge in [-0.2, -0.15) is 0 Å². The average Bonchev–Trinajstić information content (AvgIpc) is 2.54. The van der Waals surface area contributed by atoms with Crippen LogP contribution in [-0.2, 0) is 14.4 Å². The molecular formula is C13H12F3N3O3. The molecule has 1 heterocycles. The van der Waals surface area contributed by atoms with E-state index in [0.29, 0.717) is 12.5 Å². The van der Waals surface area contributed by atoms with Crippen molar-refractivity contribution < 1.29 is 27.6 Å². The summed E-state index contributed by atoms with van der Waals surface area (Å²) in [6.07, 6.45) is 0.637. The van der Waals surface area contributed by atoms with Crippen molar-refractivity contribution in [2.45, 2.75) is 0 Å². The molecule has 0 spiro atoms. The van der Waals surface area contributed by atoms with Gasteiger partial charge in [0, 0.05) is 26.2 Å². The van der Waals surface area contributed by atoms with Gasteiger partial charge in [-0.25, -0.2) is 13.2 Å². The topological polar surface area (TPSA) is 69.7 Å². The fourth-order valence-corrected chi connectivity index (χ4v) is 1.97. The lowest BCUT2D eigenvalue weighted by atomic mass is 10.2. The Morgan fingerprint density at radius 1 is 1.05 bits per heavy atom. The summed E-state index contributed by atoms with van der Waals surface area (Å²) in [6, 6.07) is 1.46. The summed E-state index contributed by atoms with van der Waals surface area (Å²) in [7, 11) is 0. The van der Waals surface area contributed by atoms with Gasteiger partial charge in [-0.15, -0.1) is 0 Å². The zero-order chi connectivity index (χ0) is 16.3. The van der Waals surface area contributed by atoms with Crippen molar-refractivity contribution in [2.24, 2.45) is 0 Å². The van der Waals surface area contributed by atoms with Crippen molar-refractivity contribution in [1.82, 2.24) is 9.80 Å². The molecule has 118 valence electrons. The largest absolute Gasteiger partial charge is 0.342 e. The van der Waals surface area contributed by atoms with Crippen molar-refractivity contribution in [2.75, 3.05) is 31.5 Å². The predicted octanol–water partition coefficient (Wildman–Crippen LogP) is 0.343. The molecule has 6 nitrogen and oxygen atoms in total. The quantitative estimate of drug-likeness (QED) is 0.486. The van der Waals surface area contributed by atoms with Crippen LogP contribution >= 0.6 is 0 Å². The highest BCUT2D eigenvalue weighted by Gasteiger charge is 2.26. The number of benzene rings is 1. The van der Waals surface area contributed by atoms with E-state index < -0.39 is 35.0 Å². The van der Waals surface area contributed by atoms with Crippen molar-refractivity contribution in [1.29, 1.82) is 0 Å². The van der Waals surface area contributed by atoms with Gasteiger partial charge in [-0.3, -0.25) is 14.4 Å². The summed E-state index contributed by atoms with van der Waals surface area (Å²) in [5.41, 5.74) is -0.622. The number of halogens is 3. The normalized spacial score (nSPS) is 14.7. The first kappa shape index (κ1) is 15.8. The van der Waals surface area contributed by atoms with Gasteiger partial charge in [0.25, 0.3) is 0 Å². The molecule has 9 heteroatoms. The molecule has 0 unspecified atom stereocenters. The maximum atomic E-state index is 13.4. The summed E-state index contributed by atoms with van der Waals surface area (Å²) in [6.45, 7) is 0.876. The van der Waals surface area contributed by atoms with E-state index in [9.17, 15) is 27.6 Å². The molecule has 0 atom stereocenters. The molecule has 0 saturated carbocycles. The van der Waals surface area contributed by atoms with Gasteiger partial charge in [0.1, 0.15) is 0 Å². The maximum absolute atomic E-state index is 13.4. The molecule has 0 aliphatic carbocycles. The summed E-state index contributed by atoms with van der Waals surface area (Å²) < 4.78 is 39.3. The fourth-order valence-electron chi connectivity index (χ4n) is 1.97. The Labute approximate surface area is 123 Å². The van der Waals surface area contributed by atoms with Gasteiger partial charge in [0.15, 0.2) is 17.5 Å². The van der Waals surface area contributed by atoms with E-state index >= 15 is 0 Å². The summed E-state index contributed by atoms with van der Waals surface area (Å²) in [5, 5.41) is 1.91. The standard InChI is InChI=1S/C13H12F3N3O3/c14-8-1-2-9(11(16)10(8)15)17-12(21)13(22)19-5-3-18(7-20)4-6-19/h1-2,7H,3-6H2,(H,17,21). The van der Waals surface area contributed by atoms with Crippen molar-refractivity contribution in [3.05, 3.63) is 29.6 Å². The summed E-state index contributed by atoms with van der Waals surface area (Å²) >= 11 is 0. The molecule has 1 fully saturated rings. The molecule has 3 amide bonds. The third-order valence-electron chi connectivity index (χ3n) is 3.23. The lowest BCUT2D eigenvalue weighted by Gasteiger charge is -2.31. The smallest absolute Gasteiger partial charge is 0.313 e. The Bertz CT molecular complexity index is 616. The lowest BCUT2D eigenvalue weighted by Crippen LogP contribution is -2.51. The van der Waals surface area contributed by atoms with Crippen LogP contribution in [0.4, 0.5) is 18.9 Å². The fraction of sp³-hybridized carbons (Fsp3) is 0.308. The minimum atomic E-state index is -1.73. The third kappa shape index (κ3) is 3.18. The molecule has 2 rings (SSSR count). The monoisotopic (exact) mass is 315 g/mol. The van der Waals surface area contributed by atoms with Gasteiger partial charge in [-0.1, -0.05) is 0 Å². The highest BCUT2D eigenvalue weighted by Crippen LogP contribution is 2.19. The number of amides is 3. The van der Waals surface area contributed by atoms with Crippen LogP contribution in [0.2, 0.25) is 0 Å². The van der Waals surface area contributed by atoms with Crippen molar-refractivity contribution in [3.8, 4) is 0 Å². The highest BCUT2D eigenvalue weighted by atomic mass is 19.2. The number of anilines is 1. The van der Waals surface area contributed by atoms with E-state index in [4.69, 9.17) is 0 Å². The number of piperazine rings is 1. The molecule has 0 aromatic heterocycles. The average molecular weight is 315 g/mol. The second kappa shape index (κ2) is 6.46. The van der Waals surface area contributed by atoms with Gasteiger partial charge in [-0.05, 0) is 12.1 Å². The molecule has 1 aliphatic rings. The van der Waals surface area contributed by atoms with Crippen LogP contribution < -0.4 is 5.32 Å². The molecule has 22 heavy (non-hydrogen) atoms. The van der Waals surface area contributed by atoms with Crippen molar-refractivity contribution in [3.63, 3.8) is 0 Å². The Morgan fingerprint density at radius 3 is 2.27 bits per heavy atom. The first-order valence-electron chi connectivity index (χ1n) is 6.37. The maximum Gasteiger partial charge on any atom is 0.313 e. The van der Waals surface area contributed by atoms with Crippen LogP contribution in [0.3, 0.4) is 0 Å². The summed E-state index contributed by atoms with van der Waals surface area (Å²) in [4.78, 5) is 36.8. The molecule has 1 N–H and O–H groups in total. The number of nitrogens with zero attached hydrogens (tertiary/aromatic N) is 2. The predicted molar refractivity (Wildman–Crippen MR) is 69.2 cm³/mol. The first-order valence-corrected chi connectivity index (χ1v) is 6.37. The Morgan fingerprint density at radius 2 is 1.68 bits per heavy atom. The second-order valence-electron chi connectivity index (χ2n) is 4.61. The highest BCUT2D eigenvalue weighted by molar-refractivity contribution is 6.39. The Hall–Kier alpha value is -2.58.